The third-order valence-electron chi connectivity index (χ3n) is 5.96. The van der Waals surface area contributed by atoms with Crippen molar-refractivity contribution in [1.82, 2.24) is 0 Å². The van der Waals surface area contributed by atoms with Gasteiger partial charge in [0.25, 0.3) is 0 Å². The number of rotatable bonds is 7. The van der Waals surface area contributed by atoms with Crippen LogP contribution in [0.4, 0.5) is 0 Å². The molecule has 0 radical (unpaired) electrons. The summed E-state index contributed by atoms with van der Waals surface area (Å²) in [4.78, 5) is 0. The van der Waals surface area contributed by atoms with Gasteiger partial charge in [-0.1, -0.05) is 63.6 Å². The molecule has 0 spiro atoms. The van der Waals surface area contributed by atoms with Crippen LogP contribution in [-0.2, 0) is 11.8 Å². The topological polar surface area (TPSA) is 0 Å². The van der Waals surface area contributed by atoms with Gasteiger partial charge < -0.3 is 0 Å². The highest BCUT2D eigenvalue weighted by Gasteiger charge is 2.31. The Hall–Kier alpha value is -1.56. The highest BCUT2D eigenvalue weighted by molar-refractivity contribution is 5.45. The molecule has 130 valence electrons. The Morgan fingerprint density at radius 3 is 1.79 bits per heavy atom. The normalized spacial score (nSPS) is 11.8. The Labute approximate surface area is 149 Å². The highest BCUT2D eigenvalue weighted by Crippen LogP contribution is 2.40. The van der Waals surface area contributed by atoms with Crippen molar-refractivity contribution < 1.29 is 0 Å². The van der Waals surface area contributed by atoms with Gasteiger partial charge in [-0.25, -0.2) is 0 Å². The summed E-state index contributed by atoms with van der Waals surface area (Å²) in [5.74, 6) is 0. The minimum Gasteiger partial charge on any atom is -0.0654 e. The van der Waals surface area contributed by atoms with Gasteiger partial charge in [-0.05, 0) is 79.8 Å². The third kappa shape index (κ3) is 3.58. The van der Waals surface area contributed by atoms with E-state index in [1.807, 2.05) is 0 Å². The summed E-state index contributed by atoms with van der Waals surface area (Å²) < 4.78 is 0. The zero-order chi connectivity index (χ0) is 17.7. The highest BCUT2D eigenvalue weighted by atomic mass is 14.3. The van der Waals surface area contributed by atoms with Crippen molar-refractivity contribution in [2.24, 2.45) is 0 Å². The molecule has 0 fully saturated rings. The monoisotopic (exact) mass is 322 g/mol. The Kier molecular flexibility index (Phi) is 6.27. The van der Waals surface area contributed by atoms with Crippen LogP contribution in [0, 0.1) is 20.8 Å². The largest absolute Gasteiger partial charge is 0.0654 e. The van der Waals surface area contributed by atoms with Crippen molar-refractivity contribution in [1.29, 1.82) is 0 Å². The lowest BCUT2D eigenvalue weighted by Gasteiger charge is -2.34. The predicted octanol–water partition coefficient (Wildman–Crippen LogP) is 7.06. The van der Waals surface area contributed by atoms with Crippen molar-refractivity contribution in [3.8, 4) is 0 Å². The van der Waals surface area contributed by atoms with Gasteiger partial charge in [0.1, 0.15) is 0 Å². The number of benzene rings is 2. The lowest BCUT2D eigenvalue weighted by molar-refractivity contribution is 0.477. The maximum atomic E-state index is 2.45. The van der Waals surface area contributed by atoms with Gasteiger partial charge in [-0.15, -0.1) is 0 Å². The lowest BCUT2D eigenvalue weighted by atomic mass is 9.69. The first-order chi connectivity index (χ1) is 11.5. The Balaban J connectivity index is 2.49. The van der Waals surface area contributed by atoms with Crippen LogP contribution in [0.5, 0.6) is 0 Å². The molecular formula is C24H34. The van der Waals surface area contributed by atoms with Gasteiger partial charge in [-0.3, -0.25) is 0 Å². The number of hydrogen-bond donors (Lipinski definition) is 0. The Bertz CT molecular complexity index is 674. The molecule has 2 rings (SSSR count). The quantitative estimate of drug-likeness (QED) is 0.512. The number of aryl methyl sites for hydroxylation is 4. The summed E-state index contributed by atoms with van der Waals surface area (Å²) in [5.41, 5.74) is 8.83. The van der Waals surface area contributed by atoms with E-state index in [2.05, 4.69) is 77.9 Å². The molecule has 0 aromatic heterocycles. The van der Waals surface area contributed by atoms with E-state index in [0.29, 0.717) is 0 Å². The first-order valence-electron chi connectivity index (χ1n) is 9.66. The average molecular weight is 323 g/mol. The van der Waals surface area contributed by atoms with Gasteiger partial charge in [0.15, 0.2) is 0 Å². The molecule has 0 atom stereocenters. The fraction of sp³-hybridized carbons (Fsp3) is 0.500. The Morgan fingerprint density at radius 2 is 1.29 bits per heavy atom. The molecule has 0 bridgehead atoms. The molecule has 0 saturated heterocycles. The summed E-state index contributed by atoms with van der Waals surface area (Å²) in [6.07, 6.45) is 6.03. The molecule has 2 aromatic rings. The first kappa shape index (κ1) is 18.8. The van der Waals surface area contributed by atoms with Crippen LogP contribution in [-0.4, -0.2) is 0 Å². The molecule has 0 N–H and O–H groups in total. The van der Waals surface area contributed by atoms with Crippen molar-refractivity contribution in [2.45, 2.75) is 79.1 Å². The van der Waals surface area contributed by atoms with Crippen LogP contribution in [0.3, 0.4) is 0 Å². The number of unbranched alkanes of at least 4 members (excludes halogenated alkanes) is 1. The maximum absolute atomic E-state index is 2.45. The molecule has 0 aliphatic heterocycles. The van der Waals surface area contributed by atoms with Crippen LogP contribution < -0.4 is 0 Å². The van der Waals surface area contributed by atoms with Crippen LogP contribution in [0.15, 0.2) is 36.4 Å². The van der Waals surface area contributed by atoms with Crippen LogP contribution in [0.2, 0.25) is 0 Å². The van der Waals surface area contributed by atoms with Gasteiger partial charge in [0, 0.05) is 5.41 Å². The van der Waals surface area contributed by atoms with E-state index in [4.69, 9.17) is 0 Å². The molecule has 0 aliphatic carbocycles. The van der Waals surface area contributed by atoms with E-state index in [1.54, 1.807) is 0 Å². The first-order valence-corrected chi connectivity index (χ1v) is 9.66. The summed E-state index contributed by atoms with van der Waals surface area (Å²) in [6, 6.07) is 14.3. The van der Waals surface area contributed by atoms with E-state index < -0.39 is 0 Å². The molecule has 0 heteroatoms. The summed E-state index contributed by atoms with van der Waals surface area (Å²) in [7, 11) is 0. The second-order valence-corrected chi connectivity index (χ2v) is 7.33. The van der Waals surface area contributed by atoms with Crippen LogP contribution in [0.25, 0.3) is 0 Å². The summed E-state index contributed by atoms with van der Waals surface area (Å²) in [5, 5.41) is 0. The van der Waals surface area contributed by atoms with E-state index in [-0.39, 0.29) is 5.41 Å². The molecule has 0 saturated carbocycles. The second-order valence-electron chi connectivity index (χ2n) is 7.33. The third-order valence-corrected chi connectivity index (χ3v) is 5.96. The van der Waals surface area contributed by atoms with Crippen molar-refractivity contribution in [3.05, 3.63) is 69.8 Å². The minimum atomic E-state index is 0.131. The lowest BCUT2D eigenvalue weighted by Crippen LogP contribution is -2.26. The Morgan fingerprint density at radius 1 is 0.708 bits per heavy atom. The van der Waals surface area contributed by atoms with Gasteiger partial charge >= 0.3 is 0 Å². The molecule has 0 aliphatic rings. The molecule has 0 amide bonds. The summed E-state index contributed by atoms with van der Waals surface area (Å²) in [6.45, 7) is 13.6. The molecule has 0 nitrogen and oxygen atoms in total. The van der Waals surface area contributed by atoms with Crippen molar-refractivity contribution in [3.63, 3.8) is 0 Å². The zero-order valence-electron chi connectivity index (χ0n) is 16.5. The molecule has 2 aromatic carbocycles. The minimum absolute atomic E-state index is 0.131. The fourth-order valence-electron chi connectivity index (χ4n) is 3.91. The smallest absolute Gasteiger partial charge is 0.0197 e. The van der Waals surface area contributed by atoms with Crippen LogP contribution >= 0.6 is 0 Å². The SMILES string of the molecule is CCCCc1ccc(C(CC)(CC)c2ccc(C)c(C)c2)cc1C. The fourth-order valence-corrected chi connectivity index (χ4v) is 3.91. The standard InChI is InChI=1S/C24H34/c1-7-10-11-21-13-15-23(17-20(21)6)24(8-2,9-3)22-14-12-18(4)19(5)16-22/h12-17H,7-11H2,1-6H3. The van der Waals surface area contributed by atoms with Crippen LogP contribution in [0.1, 0.15) is 79.8 Å². The molecule has 0 heterocycles. The predicted molar refractivity (Wildman–Crippen MR) is 107 cm³/mol. The molecule has 24 heavy (non-hydrogen) atoms. The van der Waals surface area contributed by atoms with Gasteiger partial charge in [0.05, 0.1) is 0 Å². The molecule has 0 unspecified atom stereocenters. The molecular weight excluding hydrogens is 288 g/mol. The summed E-state index contributed by atoms with van der Waals surface area (Å²) >= 11 is 0. The van der Waals surface area contributed by atoms with E-state index in [1.165, 1.54) is 52.6 Å². The number of hydrogen-bond acceptors (Lipinski definition) is 0. The zero-order valence-corrected chi connectivity index (χ0v) is 16.5. The van der Waals surface area contributed by atoms with E-state index in [9.17, 15) is 0 Å². The second kappa shape index (κ2) is 8.01. The van der Waals surface area contributed by atoms with Crippen molar-refractivity contribution >= 4 is 0 Å². The van der Waals surface area contributed by atoms with E-state index >= 15 is 0 Å². The van der Waals surface area contributed by atoms with E-state index in [0.717, 1.165) is 12.8 Å². The maximum Gasteiger partial charge on any atom is 0.0197 e. The average Bonchev–Trinajstić information content (AvgIpc) is 2.58. The van der Waals surface area contributed by atoms with Gasteiger partial charge in [-0.2, -0.15) is 0 Å². The van der Waals surface area contributed by atoms with Crippen molar-refractivity contribution in [2.75, 3.05) is 0 Å². The van der Waals surface area contributed by atoms with Gasteiger partial charge in [0.2, 0.25) is 0 Å².